The lowest BCUT2D eigenvalue weighted by Crippen LogP contribution is -2.19. The van der Waals surface area contributed by atoms with E-state index in [9.17, 15) is 20.1 Å². The van der Waals surface area contributed by atoms with Gasteiger partial charge >= 0.3 is 5.97 Å². The largest absolute Gasteiger partial charge is 0.508 e. The molecule has 0 aromatic heterocycles. The normalized spacial score (nSPS) is 14.3. The van der Waals surface area contributed by atoms with Gasteiger partial charge in [-0.1, -0.05) is 0 Å². The second kappa shape index (κ2) is 5.90. The first kappa shape index (κ1) is 13.8. The molecule has 0 saturated carbocycles. The first-order valence-electron chi connectivity index (χ1n) is 5.00. The third-order valence-electron chi connectivity index (χ3n) is 2.38. The molecule has 4 N–H and O–H groups in total. The van der Waals surface area contributed by atoms with E-state index in [1.54, 1.807) is 0 Å². The van der Waals surface area contributed by atoms with Crippen molar-refractivity contribution in [2.45, 2.75) is 18.6 Å². The monoisotopic (exact) mass is 258 g/mol. The molecule has 0 bridgehead atoms. The Bertz CT molecular complexity index is 407. The van der Waals surface area contributed by atoms with Gasteiger partial charge < -0.3 is 20.4 Å². The van der Waals surface area contributed by atoms with Crippen molar-refractivity contribution < 1.29 is 25.2 Å². The molecule has 0 saturated heterocycles. The maximum Gasteiger partial charge on any atom is 0.335 e. The molecule has 17 heavy (non-hydrogen) atoms. The minimum Gasteiger partial charge on any atom is -0.508 e. The molecule has 94 valence electrons. The first-order valence-corrected chi connectivity index (χ1v) is 5.63. The number of rotatable bonds is 5. The predicted octanol–water partition coefficient (Wildman–Crippen LogP) is 0.805. The van der Waals surface area contributed by atoms with E-state index in [0.29, 0.717) is 5.75 Å². The Morgan fingerprint density at radius 2 is 2.00 bits per heavy atom. The van der Waals surface area contributed by atoms with Crippen LogP contribution in [0.1, 0.15) is 28.4 Å². The van der Waals surface area contributed by atoms with E-state index in [2.05, 4.69) is 12.6 Å². The standard InChI is InChI=1S/C11H14O5S/c12-8-2-1-6(11(15)16)5-7(8)10(14)9(13)3-4-17/h1-2,5,9-10,12-14,17H,3-4H2,(H,15,16). The maximum atomic E-state index is 10.7. The lowest BCUT2D eigenvalue weighted by Gasteiger charge is -2.18. The average Bonchev–Trinajstić information content (AvgIpc) is 2.28. The molecule has 6 heteroatoms. The van der Waals surface area contributed by atoms with Crippen molar-refractivity contribution in [3.63, 3.8) is 0 Å². The molecule has 0 fully saturated rings. The van der Waals surface area contributed by atoms with Gasteiger partial charge in [-0.15, -0.1) is 0 Å². The predicted molar refractivity (Wildman–Crippen MR) is 64.5 cm³/mol. The molecule has 0 heterocycles. The maximum absolute atomic E-state index is 10.7. The minimum atomic E-state index is -1.33. The summed E-state index contributed by atoms with van der Waals surface area (Å²) in [4.78, 5) is 10.7. The summed E-state index contributed by atoms with van der Waals surface area (Å²) in [5, 5.41) is 37.6. The van der Waals surface area contributed by atoms with Crippen LogP contribution in [-0.2, 0) is 0 Å². The lowest BCUT2D eigenvalue weighted by atomic mass is 9.99. The topological polar surface area (TPSA) is 98.0 Å². The van der Waals surface area contributed by atoms with Crippen LogP contribution in [0.4, 0.5) is 0 Å². The Labute approximate surface area is 104 Å². The van der Waals surface area contributed by atoms with Crippen molar-refractivity contribution in [3.05, 3.63) is 29.3 Å². The molecule has 0 aliphatic heterocycles. The van der Waals surface area contributed by atoms with Gasteiger partial charge in [-0.05, 0) is 30.4 Å². The van der Waals surface area contributed by atoms with Gasteiger partial charge in [-0.3, -0.25) is 0 Å². The Balaban J connectivity index is 3.03. The smallest absolute Gasteiger partial charge is 0.335 e. The third-order valence-corrected chi connectivity index (χ3v) is 2.64. The second-order valence-electron chi connectivity index (χ2n) is 3.60. The van der Waals surface area contributed by atoms with Crippen LogP contribution in [0.15, 0.2) is 18.2 Å². The molecular formula is C11H14O5S. The van der Waals surface area contributed by atoms with Gasteiger partial charge in [-0.2, -0.15) is 12.6 Å². The van der Waals surface area contributed by atoms with Gasteiger partial charge in [0.25, 0.3) is 0 Å². The zero-order chi connectivity index (χ0) is 13.0. The molecule has 1 aromatic rings. The summed E-state index contributed by atoms with van der Waals surface area (Å²) < 4.78 is 0. The summed E-state index contributed by atoms with van der Waals surface area (Å²) in [6.45, 7) is 0. The van der Waals surface area contributed by atoms with E-state index in [1.807, 2.05) is 0 Å². The molecule has 0 spiro atoms. The number of aliphatic hydroxyl groups excluding tert-OH is 2. The highest BCUT2D eigenvalue weighted by Gasteiger charge is 2.21. The number of carboxylic acid groups (broad SMARTS) is 1. The zero-order valence-corrected chi connectivity index (χ0v) is 9.84. The zero-order valence-electron chi connectivity index (χ0n) is 8.95. The summed E-state index contributed by atoms with van der Waals surface area (Å²) in [5.41, 5.74) is -0.0610. The molecule has 0 radical (unpaired) electrons. The van der Waals surface area contributed by atoms with Crippen LogP contribution < -0.4 is 0 Å². The van der Waals surface area contributed by atoms with Gasteiger partial charge in [0, 0.05) is 5.56 Å². The lowest BCUT2D eigenvalue weighted by molar-refractivity contribution is 0.0158. The molecular weight excluding hydrogens is 244 g/mol. The van der Waals surface area contributed by atoms with Crippen molar-refractivity contribution in [3.8, 4) is 5.75 Å². The number of carbonyl (C=O) groups is 1. The Morgan fingerprint density at radius 3 is 2.53 bits per heavy atom. The molecule has 2 atom stereocenters. The molecule has 1 rings (SSSR count). The number of benzene rings is 1. The average molecular weight is 258 g/mol. The van der Waals surface area contributed by atoms with Crippen LogP contribution in [0.3, 0.4) is 0 Å². The van der Waals surface area contributed by atoms with Crippen molar-refractivity contribution in [2.24, 2.45) is 0 Å². The van der Waals surface area contributed by atoms with E-state index >= 15 is 0 Å². The third kappa shape index (κ3) is 3.36. The summed E-state index contributed by atoms with van der Waals surface area (Å²) in [5.74, 6) is -1.04. The van der Waals surface area contributed by atoms with Crippen molar-refractivity contribution in [1.82, 2.24) is 0 Å². The number of aromatic carboxylic acids is 1. The van der Waals surface area contributed by atoms with Crippen LogP contribution >= 0.6 is 12.6 Å². The van der Waals surface area contributed by atoms with Gasteiger partial charge in [0.2, 0.25) is 0 Å². The molecule has 5 nitrogen and oxygen atoms in total. The fraction of sp³-hybridized carbons (Fsp3) is 0.364. The first-order chi connectivity index (χ1) is 7.97. The summed E-state index contributed by atoms with van der Waals surface area (Å²) in [7, 11) is 0. The van der Waals surface area contributed by atoms with Crippen molar-refractivity contribution >= 4 is 18.6 Å². The van der Waals surface area contributed by atoms with Crippen LogP contribution in [-0.4, -0.2) is 38.3 Å². The molecule has 2 unspecified atom stereocenters. The minimum absolute atomic E-state index is 0.000756. The van der Waals surface area contributed by atoms with Gasteiger partial charge in [0.05, 0.1) is 11.7 Å². The molecule has 1 aromatic carbocycles. The highest BCUT2D eigenvalue weighted by molar-refractivity contribution is 7.80. The quantitative estimate of drug-likeness (QED) is 0.503. The fourth-order valence-corrected chi connectivity index (χ4v) is 1.69. The highest BCUT2D eigenvalue weighted by Crippen LogP contribution is 2.28. The Morgan fingerprint density at radius 1 is 1.35 bits per heavy atom. The second-order valence-corrected chi connectivity index (χ2v) is 4.05. The van der Waals surface area contributed by atoms with Crippen LogP contribution in [0.25, 0.3) is 0 Å². The molecule has 0 aliphatic carbocycles. The number of aromatic hydroxyl groups is 1. The fourth-order valence-electron chi connectivity index (χ4n) is 1.42. The van der Waals surface area contributed by atoms with Crippen molar-refractivity contribution in [1.29, 1.82) is 0 Å². The summed E-state index contributed by atoms with van der Waals surface area (Å²) in [6.07, 6.45) is -2.19. The molecule has 0 amide bonds. The van der Waals surface area contributed by atoms with Gasteiger partial charge in [-0.25, -0.2) is 4.79 Å². The van der Waals surface area contributed by atoms with Crippen molar-refractivity contribution in [2.75, 3.05) is 5.75 Å². The summed E-state index contributed by atoms with van der Waals surface area (Å²) in [6, 6.07) is 3.54. The number of hydrogen-bond donors (Lipinski definition) is 5. The Hall–Kier alpha value is -1.24. The van der Waals surface area contributed by atoms with Crippen LogP contribution in [0.5, 0.6) is 5.75 Å². The van der Waals surface area contributed by atoms with E-state index in [1.165, 1.54) is 12.1 Å². The van der Waals surface area contributed by atoms with E-state index in [0.717, 1.165) is 6.07 Å². The van der Waals surface area contributed by atoms with Gasteiger partial charge in [0.15, 0.2) is 0 Å². The number of phenols is 1. The highest BCUT2D eigenvalue weighted by atomic mass is 32.1. The van der Waals surface area contributed by atoms with Gasteiger partial charge in [0.1, 0.15) is 11.9 Å². The number of phenolic OH excluding ortho intramolecular Hbond substituents is 1. The summed E-state index contributed by atoms with van der Waals surface area (Å²) >= 11 is 3.92. The van der Waals surface area contributed by atoms with Crippen LogP contribution in [0.2, 0.25) is 0 Å². The van der Waals surface area contributed by atoms with Crippen LogP contribution in [0, 0.1) is 0 Å². The Kier molecular flexibility index (Phi) is 4.80. The number of carboxylic acids is 1. The number of thiol groups is 1. The SMILES string of the molecule is O=C(O)c1ccc(O)c(C(O)C(O)CCS)c1. The number of hydrogen-bond acceptors (Lipinski definition) is 5. The van der Waals surface area contributed by atoms with E-state index in [4.69, 9.17) is 5.11 Å². The number of aliphatic hydroxyl groups is 2. The van der Waals surface area contributed by atoms with E-state index in [-0.39, 0.29) is 23.3 Å². The molecule has 0 aliphatic rings. The van der Waals surface area contributed by atoms with E-state index < -0.39 is 18.2 Å².